The number of hydrogen-bond donors (Lipinski definition) is 1. The lowest BCUT2D eigenvalue weighted by Gasteiger charge is -2.37. The van der Waals surface area contributed by atoms with Crippen LogP contribution in [0.2, 0.25) is 0 Å². The highest BCUT2D eigenvalue weighted by molar-refractivity contribution is 5.92. The molecule has 1 N–H and O–H groups in total. The fraction of sp³-hybridized carbons (Fsp3) is 0.233. The van der Waals surface area contributed by atoms with Crippen molar-refractivity contribution in [2.45, 2.75) is 25.2 Å². The molecule has 4 aromatic carbocycles. The first kappa shape index (κ1) is 25.6. The van der Waals surface area contributed by atoms with Crippen LogP contribution in [0.5, 0.6) is 5.75 Å². The third kappa shape index (κ3) is 5.04. The number of alkyl halides is 3. The van der Waals surface area contributed by atoms with Crippen LogP contribution in [0, 0.1) is 0 Å². The third-order valence-electron chi connectivity index (χ3n) is 6.80. The van der Waals surface area contributed by atoms with E-state index in [0.717, 1.165) is 35.6 Å². The number of anilines is 2. The summed E-state index contributed by atoms with van der Waals surface area (Å²) in [7, 11) is 1.06. The van der Waals surface area contributed by atoms with Crippen molar-refractivity contribution < 1.29 is 27.4 Å². The van der Waals surface area contributed by atoms with Gasteiger partial charge in [-0.05, 0) is 53.6 Å². The second-order valence-electron chi connectivity index (χ2n) is 9.24. The molecule has 2 atom stereocenters. The number of fused-ring (bicyclic) bond motifs is 2. The molecular formula is C30H27F3N2O3. The molecule has 2 unspecified atom stereocenters. The molecular weight excluding hydrogens is 493 g/mol. The van der Waals surface area contributed by atoms with Gasteiger partial charge in [-0.1, -0.05) is 54.6 Å². The number of para-hydroxylation sites is 2. The summed E-state index contributed by atoms with van der Waals surface area (Å²) >= 11 is 0. The molecule has 0 saturated heterocycles. The number of carbonyl (C=O) groups excluding carboxylic acids is 1. The Morgan fingerprint density at radius 3 is 2.58 bits per heavy atom. The minimum Gasteiger partial charge on any atom is -0.485 e. The maximum atomic E-state index is 13.9. The van der Waals surface area contributed by atoms with Gasteiger partial charge in [-0.15, -0.1) is 0 Å². The summed E-state index contributed by atoms with van der Waals surface area (Å²) in [6, 6.07) is 25.3. The fourth-order valence-electron chi connectivity index (χ4n) is 4.92. The van der Waals surface area contributed by atoms with Crippen LogP contribution in [0.4, 0.5) is 24.5 Å². The van der Waals surface area contributed by atoms with Gasteiger partial charge >= 0.3 is 12.1 Å². The smallest absolute Gasteiger partial charge is 0.417 e. The van der Waals surface area contributed by atoms with Crippen molar-refractivity contribution in [1.82, 2.24) is 5.32 Å². The molecule has 5 nitrogen and oxygen atoms in total. The predicted octanol–water partition coefficient (Wildman–Crippen LogP) is 6.90. The van der Waals surface area contributed by atoms with Gasteiger partial charge in [0.15, 0.2) is 0 Å². The number of benzene rings is 4. The largest absolute Gasteiger partial charge is 0.485 e. The summed E-state index contributed by atoms with van der Waals surface area (Å²) in [5.74, 6) is -0.454. The zero-order valence-electron chi connectivity index (χ0n) is 21.0. The van der Waals surface area contributed by atoms with Crippen molar-refractivity contribution >= 4 is 28.1 Å². The van der Waals surface area contributed by atoms with Crippen LogP contribution in [0.15, 0.2) is 84.9 Å². The standard InChI is InChI=1S/C30H27F3N2O3/c1-19(23-11-7-9-20-8-3-4-10-24(20)23)34-17-22-18-35(27-12-5-6-13-28(27)38-22)21-14-15-25(29(36)37-2)26(16-21)30(31,32)33/h3-16,19,22,34H,17-18H2,1-2H3. The summed E-state index contributed by atoms with van der Waals surface area (Å²) in [6.07, 6.45) is -5.06. The first-order valence-corrected chi connectivity index (χ1v) is 12.3. The zero-order chi connectivity index (χ0) is 26.9. The molecule has 0 amide bonds. The first-order chi connectivity index (χ1) is 18.3. The van der Waals surface area contributed by atoms with Gasteiger partial charge < -0.3 is 19.7 Å². The Bertz CT molecular complexity index is 1470. The highest BCUT2D eigenvalue weighted by Crippen LogP contribution is 2.41. The van der Waals surface area contributed by atoms with E-state index in [2.05, 4.69) is 41.2 Å². The molecule has 0 bridgehead atoms. The van der Waals surface area contributed by atoms with Gasteiger partial charge in [0.2, 0.25) is 0 Å². The van der Waals surface area contributed by atoms with Crippen molar-refractivity contribution in [3.63, 3.8) is 0 Å². The molecule has 0 aromatic heterocycles. The second-order valence-corrected chi connectivity index (χ2v) is 9.24. The summed E-state index contributed by atoms with van der Waals surface area (Å²) in [5, 5.41) is 5.86. The van der Waals surface area contributed by atoms with Gasteiger partial charge in [0.1, 0.15) is 11.9 Å². The highest BCUT2D eigenvalue weighted by Gasteiger charge is 2.37. The van der Waals surface area contributed by atoms with Crippen LogP contribution in [0.25, 0.3) is 10.8 Å². The minimum atomic E-state index is -4.72. The lowest BCUT2D eigenvalue weighted by Crippen LogP contribution is -2.44. The molecule has 0 spiro atoms. The van der Waals surface area contributed by atoms with Crippen LogP contribution in [0.1, 0.15) is 34.5 Å². The molecule has 4 aromatic rings. The van der Waals surface area contributed by atoms with Crippen LogP contribution in [-0.2, 0) is 10.9 Å². The third-order valence-corrected chi connectivity index (χ3v) is 6.80. The monoisotopic (exact) mass is 520 g/mol. The number of halogens is 3. The fourth-order valence-corrected chi connectivity index (χ4v) is 4.92. The zero-order valence-corrected chi connectivity index (χ0v) is 21.0. The average Bonchev–Trinajstić information content (AvgIpc) is 2.94. The van der Waals surface area contributed by atoms with Crippen LogP contribution in [0.3, 0.4) is 0 Å². The number of rotatable bonds is 6. The number of hydrogen-bond acceptors (Lipinski definition) is 5. The van der Waals surface area contributed by atoms with E-state index in [4.69, 9.17) is 4.74 Å². The molecule has 1 aliphatic heterocycles. The maximum absolute atomic E-state index is 13.9. The molecule has 1 aliphatic rings. The van der Waals surface area contributed by atoms with E-state index in [1.807, 2.05) is 30.3 Å². The van der Waals surface area contributed by atoms with Gasteiger partial charge in [0.05, 0.1) is 30.5 Å². The number of nitrogens with one attached hydrogen (secondary N) is 1. The van der Waals surface area contributed by atoms with Gasteiger partial charge in [0, 0.05) is 18.3 Å². The minimum absolute atomic E-state index is 0.0199. The lowest BCUT2D eigenvalue weighted by atomic mass is 9.99. The SMILES string of the molecule is COC(=O)c1ccc(N2CC(CNC(C)c3cccc4ccccc34)Oc3ccccc32)cc1C(F)(F)F. The summed E-state index contributed by atoms with van der Waals surface area (Å²) in [4.78, 5) is 13.8. The number of methoxy groups -OCH3 is 1. The number of ether oxygens (including phenoxy) is 2. The Morgan fingerprint density at radius 2 is 1.79 bits per heavy atom. The molecule has 8 heteroatoms. The lowest BCUT2D eigenvalue weighted by molar-refractivity contribution is -0.138. The van der Waals surface area contributed by atoms with E-state index in [-0.39, 0.29) is 12.1 Å². The van der Waals surface area contributed by atoms with E-state index in [1.54, 1.807) is 17.0 Å². The van der Waals surface area contributed by atoms with Crippen molar-refractivity contribution in [2.24, 2.45) is 0 Å². The quantitative estimate of drug-likeness (QED) is 0.281. The van der Waals surface area contributed by atoms with E-state index in [9.17, 15) is 18.0 Å². The highest BCUT2D eigenvalue weighted by atomic mass is 19.4. The maximum Gasteiger partial charge on any atom is 0.417 e. The Kier molecular flexibility index (Phi) is 6.99. The summed E-state index contributed by atoms with van der Waals surface area (Å²) in [5.41, 5.74) is 0.569. The van der Waals surface area contributed by atoms with Crippen molar-refractivity contribution in [3.8, 4) is 5.75 Å². The van der Waals surface area contributed by atoms with Crippen molar-refractivity contribution in [1.29, 1.82) is 0 Å². The van der Waals surface area contributed by atoms with Crippen LogP contribution in [-0.4, -0.2) is 32.3 Å². The van der Waals surface area contributed by atoms with E-state index in [0.29, 0.717) is 30.2 Å². The van der Waals surface area contributed by atoms with Gasteiger partial charge in [-0.25, -0.2) is 4.79 Å². The first-order valence-electron chi connectivity index (χ1n) is 12.3. The Balaban J connectivity index is 1.42. The summed E-state index contributed by atoms with van der Waals surface area (Å²) in [6.45, 7) is 2.88. The molecule has 38 heavy (non-hydrogen) atoms. The number of esters is 1. The molecule has 0 saturated carbocycles. The van der Waals surface area contributed by atoms with Gasteiger partial charge in [-0.2, -0.15) is 13.2 Å². The Labute approximate surface area is 218 Å². The average molecular weight is 521 g/mol. The van der Waals surface area contributed by atoms with Gasteiger partial charge in [0.25, 0.3) is 0 Å². The normalized spacial score (nSPS) is 16.0. The molecule has 1 heterocycles. The molecule has 196 valence electrons. The topological polar surface area (TPSA) is 50.8 Å². The predicted molar refractivity (Wildman–Crippen MR) is 141 cm³/mol. The summed E-state index contributed by atoms with van der Waals surface area (Å²) < 4.78 is 52.5. The van der Waals surface area contributed by atoms with Gasteiger partial charge in [-0.3, -0.25) is 0 Å². The van der Waals surface area contributed by atoms with Crippen molar-refractivity contribution in [2.75, 3.05) is 25.1 Å². The Morgan fingerprint density at radius 1 is 1.05 bits per heavy atom. The van der Waals surface area contributed by atoms with Crippen LogP contribution < -0.4 is 15.0 Å². The molecule has 5 rings (SSSR count). The van der Waals surface area contributed by atoms with Crippen molar-refractivity contribution in [3.05, 3.63) is 102 Å². The molecule has 0 fully saturated rings. The molecule has 0 aliphatic carbocycles. The second kappa shape index (κ2) is 10.4. The van der Waals surface area contributed by atoms with E-state index >= 15 is 0 Å². The molecule has 0 radical (unpaired) electrons. The Hall–Kier alpha value is -4.04. The van der Waals surface area contributed by atoms with Crippen LogP contribution >= 0.6 is 0 Å². The van der Waals surface area contributed by atoms with E-state index < -0.39 is 23.3 Å². The number of carbonyl (C=O) groups is 1. The number of nitrogens with zero attached hydrogens (tertiary/aromatic N) is 1. The van der Waals surface area contributed by atoms with E-state index in [1.165, 1.54) is 6.07 Å².